The first kappa shape index (κ1) is 21.4. The molecule has 0 unspecified atom stereocenters. The predicted molar refractivity (Wildman–Crippen MR) is 113 cm³/mol. The van der Waals surface area contributed by atoms with Gasteiger partial charge in [0.05, 0.1) is 25.3 Å². The number of hydrogen-bond acceptors (Lipinski definition) is 7. The van der Waals surface area contributed by atoms with E-state index in [4.69, 9.17) is 14.2 Å². The van der Waals surface area contributed by atoms with Crippen molar-refractivity contribution in [2.45, 2.75) is 13.0 Å². The van der Waals surface area contributed by atoms with E-state index in [0.717, 1.165) is 10.6 Å². The molecule has 0 saturated heterocycles. The van der Waals surface area contributed by atoms with Gasteiger partial charge in [-0.25, -0.2) is 13.8 Å². The second-order valence-electron chi connectivity index (χ2n) is 6.54. The smallest absolute Gasteiger partial charge is 0.263 e. The third kappa shape index (κ3) is 4.82. The monoisotopic (exact) mass is 433 g/mol. The van der Waals surface area contributed by atoms with E-state index in [1.807, 2.05) is 0 Å². The number of methoxy groups -OCH3 is 1. The van der Waals surface area contributed by atoms with Gasteiger partial charge in [0.25, 0.3) is 5.91 Å². The quantitative estimate of drug-likeness (QED) is 0.527. The van der Waals surface area contributed by atoms with Gasteiger partial charge in [-0.15, -0.1) is 0 Å². The molecule has 0 radical (unpaired) electrons. The fraction of sp³-hybridized carbons (Fsp3) is 0.300. The Hall–Kier alpha value is -3.27. The number of fused-ring (bicyclic) bond motifs is 1. The zero-order chi connectivity index (χ0) is 21.7. The summed E-state index contributed by atoms with van der Waals surface area (Å²) in [7, 11) is -2.22. The van der Waals surface area contributed by atoms with Crippen molar-refractivity contribution in [2.75, 3.05) is 30.9 Å². The van der Waals surface area contributed by atoms with Crippen LogP contribution in [-0.4, -0.2) is 53.2 Å². The van der Waals surface area contributed by atoms with Crippen molar-refractivity contribution < 1.29 is 27.4 Å². The molecule has 1 aliphatic rings. The summed E-state index contributed by atoms with van der Waals surface area (Å²) in [6.45, 7) is 2.37. The van der Waals surface area contributed by atoms with E-state index >= 15 is 0 Å². The van der Waals surface area contributed by atoms with Crippen LogP contribution in [0.3, 0.4) is 0 Å². The molecule has 2 aromatic rings. The van der Waals surface area contributed by atoms with Gasteiger partial charge in [-0.3, -0.25) is 9.10 Å². The Balaban J connectivity index is 1.75. The molecule has 1 heterocycles. The van der Waals surface area contributed by atoms with Gasteiger partial charge in [0.2, 0.25) is 10.0 Å². The molecule has 9 nitrogen and oxygen atoms in total. The van der Waals surface area contributed by atoms with E-state index in [2.05, 4.69) is 10.5 Å². The van der Waals surface area contributed by atoms with Crippen molar-refractivity contribution >= 4 is 27.8 Å². The summed E-state index contributed by atoms with van der Waals surface area (Å²) in [5.74, 6) is 1.14. The van der Waals surface area contributed by atoms with Gasteiger partial charge in [0, 0.05) is 5.56 Å². The molecular weight excluding hydrogens is 410 g/mol. The van der Waals surface area contributed by atoms with Gasteiger partial charge in [-0.1, -0.05) is 6.07 Å². The van der Waals surface area contributed by atoms with Crippen LogP contribution in [0.15, 0.2) is 47.6 Å². The Labute approximate surface area is 175 Å². The average molecular weight is 433 g/mol. The van der Waals surface area contributed by atoms with E-state index in [0.29, 0.717) is 41.7 Å². The number of sulfonamides is 1. The maximum absolute atomic E-state index is 12.6. The highest BCUT2D eigenvalue weighted by atomic mass is 32.2. The van der Waals surface area contributed by atoms with Gasteiger partial charge >= 0.3 is 0 Å². The van der Waals surface area contributed by atoms with Gasteiger partial charge in [0.1, 0.15) is 25.0 Å². The van der Waals surface area contributed by atoms with Crippen LogP contribution in [0.2, 0.25) is 0 Å². The second kappa shape index (κ2) is 9.04. The standard InChI is InChI=1S/C20H23N3O6S/c1-14(23(30(3,25)26)16-7-9-17(27-2)10-8-16)20(24)22-21-13-15-5-4-6-18-19(15)29-12-11-28-18/h4-10,13-14H,11-12H2,1-3H3,(H,22,24)/b21-13-/t14-/m0/s1. The maximum Gasteiger partial charge on any atom is 0.263 e. The van der Waals surface area contributed by atoms with E-state index in [1.54, 1.807) is 42.5 Å². The minimum Gasteiger partial charge on any atom is -0.497 e. The van der Waals surface area contributed by atoms with Crippen molar-refractivity contribution in [1.82, 2.24) is 5.43 Å². The van der Waals surface area contributed by atoms with Crippen LogP contribution in [0.5, 0.6) is 17.2 Å². The first-order chi connectivity index (χ1) is 14.3. The van der Waals surface area contributed by atoms with E-state index in [1.165, 1.54) is 20.2 Å². The zero-order valence-corrected chi connectivity index (χ0v) is 17.7. The van der Waals surface area contributed by atoms with Gasteiger partial charge < -0.3 is 14.2 Å². The molecule has 10 heteroatoms. The van der Waals surface area contributed by atoms with E-state index < -0.39 is 22.0 Å². The van der Waals surface area contributed by atoms with Crippen molar-refractivity contribution in [3.8, 4) is 17.2 Å². The Morgan fingerprint density at radius 1 is 1.20 bits per heavy atom. The Morgan fingerprint density at radius 3 is 2.57 bits per heavy atom. The van der Waals surface area contributed by atoms with Crippen molar-refractivity contribution in [3.63, 3.8) is 0 Å². The molecule has 1 amide bonds. The number of rotatable bonds is 7. The molecule has 0 aliphatic carbocycles. The summed E-state index contributed by atoms with van der Waals surface area (Å²) in [6, 6.07) is 10.7. The van der Waals surface area contributed by atoms with Crippen LogP contribution < -0.4 is 23.9 Å². The van der Waals surface area contributed by atoms with Crippen molar-refractivity contribution in [3.05, 3.63) is 48.0 Å². The summed E-state index contributed by atoms with van der Waals surface area (Å²) in [6.07, 6.45) is 2.47. The molecule has 3 rings (SSSR count). The first-order valence-corrected chi connectivity index (χ1v) is 11.0. The second-order valence-corrected chi connectivity index (χ2v) is 8.40. The molecule has 0 aromatic heterocycles. The molecule has 2 aromatic carbocycles. The largest absolute Gasteiger partial charge is 0.497 e. The van der Waals surface area contributed by atoms with Crippen LogP contribution in [0.4, 0.5) is 5.69 Å². The molecule has 0 saturated carbocycles. The number of anilines is 1. The highest BCUT2D eigenvalue weighted by Crippen LogP contribution is 2.32. The summed E-state index contributed by atoms with van der Waals surface area (Å²) in [4.78, 5) is 12.6. The van der Waals surface area contributed by atoms with Crippen LogP contribution in [0, 0.1) is 0 Å². The summed E-state index contributed by atoms with van der Waals surface area (Å²) < 4.78 is 41.9. The normalized spacial score (nSPS) is 14.2. The highest BCUT2D eigenvalue weighted by molar-refractivity contribution is 7.92. The molecule has 0 spiro atoms. The first-order valence-electron chi connectivity index (χ1n) is 9.16. The van der Waals surface area contributed by atoms with Gasteiger partial charge in [-0.2, -0.15) is 5.10 Å². The summed E-state index contributed by atoms with van der Waals surface area (Å²) in [5, 5.41) is 3.95. The number of amides is 1. The van der Waals surface area contributed by atoms with Gasteiger partial charge in [0.15, 0.2) is 11.5 Å². The Bertz CT molecular complexity index is 1040. The number of para-hydroxylation sites is 1. The SMILES string of the molecule is COc1ccc(N([C@@H](C)C(=O)N/N=C\c2cccc3c2OCCO3)S(C)(=O)=O)cc1. The molecule has 0 bridgehead atoms. The Morgan fingerprint density at radius 2 is 1.90 bits per heavy atom. The minimum atomic E-state index is -3.73. The fourth-order valence-electron chi connectivity index (χ4n) is 2.99. The van der Waals surface area contributed by atoms with Crippen LogP contribution >= 0.6 is 0 Å². The number of carbonyl (C=O) groups excluding carboxylic acids is 1. The lowest BCUT2D eigenvalue weighted by Gasteiger charge is -2.27. The Kier molecular flexibility index (Phi) is 6.46. The lowest BCUT2D eigenvalue weighted by molar-refractivity contribution is -0.121. The number of hydrazone groups is 1. The third-order valence-electron chi connectivity index (χ3n) is 4.39. The van der Waals surface area contributed by atoms with Crippen LogP contribution in [-0.2, 0) is 14.8 Å². The minimum absolute atomic E-state index is 0.340. The van der Waals surface area contributed by atoms with Crippen molar-refractivity contribution in [2.24, 2.45) is 5.10 Å². The predicted octanol–water partition coefficient (Wildman–Crippen LogP) is 1.77. The number of nitrogens with one attached hydrogen (secondary N) is 1. The number of ether oxygens (including phenoxy) is 3. The molecule has 1 aliphatic heterocycles. The van der Waals surface area contributed by atoms with Gasteiger partial charge in [-0.05, 0) is 43.3 Å². The molecule has 30 heavy (non-hydrogen) atoms. The molecule has 1 atom stereocenters. The maximum atomic E-state index is 12.6. The number of nitrogens with zero attached hydrogens (tertiary/aromatic N) is 2. The highest BCUT2D eigenvalue weighted by Gasteiger charge is 2.29. The summed E-state index contributed by atoms with van der Waals surface area (Å²) >= 11 is 0. The molecular formula is C20H23N3O6S. The van der Waals surface area contributed by atoms with Crippen LogP contribution in [0.25, 0.3) is 0 Å². The number of carbonyl (C=O) groups is 1. The lowest BCUT2D eigenvalue weighted by atomic mass is 10.2. The summed E-state index contributed by atoms with van der Waals surface area (Å²) in [5.41, 5.74) is 3.36. The third-order valence-corrected chi connectivity index (χ3v) is 5.63. The average Bonchev–Trinajstić information content (AvgIpc) is 2.73. The van der Waals surface area contributed by atoms with E-state index in [-0.39, 0.29) is 0 Å². The molecule has 0 fully saturated rings. The topological polar surface area (TPSA) is 107 Å². The lowest BCUT2D eigenvalue weighted by Crippen LogP contribution is -2.46. The molecule has 160 valence electrons. The van der Waals surface area contributed by atoms with Crippen molar-refractivity contribution in [1.29, 1.82) is 0 Å². The number of hydrogen-bond donors (Lipinski definition) is 1. The number of benzene rings is 2. The zero-order valence-electron chi connectivity index (χ0n) is 16.9. The van der Waals surface area contributed by atoms with Crippen LogP contribution in [0.1, 0.15) is 12.5 Å². The fourth-order valence-corrected chi connectivity index (χ4v) is 4.17. The molecule has 1 N–H and O–H groups in total. The van der Waals surface area contributed by atoms with E-state index in [9.17, 15) is 13.2 Å².